The lowest BCUT2D eigenvalue weighted by molar-refractivity contribution is -0.132. The summed E-state index contributed by atoms with van der Waals surface area (Å²) in [6.07, 6.45) is 3.07. The summed E-state index contributed by atoms with van der Waals surface area (Å²) in [7, 11) is 2.08. The molecule has 6 heteroatoms. The van der Waals surface area contributed by atoms with Gasteiger partial charge in [0.1, 0.15) is 5.52 Å². The molecule has 0 atom stereocenters. The van der Waals surface area contributed by atoms with E-state index in [2.05, 4.69) is 11.9 Å². The van der Waals surface area contributed by atoms with Gasteiger partial charge >= 0.3 is 0 Å². The van der Waals surface area contributed by atoms with E-state index < -0.39 is 0 Å². The molecule has 136 valence electrons. The lowest BCUT2D eigenvalue weighted by atomic mass is 10.2. The molecular formula is C20H24N4O2. The molecule has 0 saturated carbocycles. The Morgan fingerprint density at radius 3 is 2.42 bits per heavy atom. The van der Waals surface area contributed by atoms with Crippen molar-refractivity contribution in [2.45, 2.75) is 19.4 Å². The summed E-state index contributed by atoms with van der Waals surface area (Å²) in [6.45, 7) is 4.02. The molecule has 3 aromatic rings. The molecule has 1 aliphatic rings. The van der Waals surface area contributed by atoms with Gasteiger partial charge in [-0.1, -0.05) is 12.1 Å². The van der Waals surface area contributed by atoms with E-state index in [9.17, 15) is 9.59 Å². The summed E-state index contributed by atoms with van der Waals surface area (Å²) in [5, 5.41) is 0. The van der Waals surface area contributed by atoms with Crippen molar-refractivity contribution in [3.63, 3.8) is 0 Å². The maximum absolute atomic E-state index is 12.9. The van der Waals surface area contributed by atoms with Crippen molar-refractivity contribution >= 4 is 22.5 Å². The van der Waals surface area contributed by atoms with Gasteiger partial charge in [-0.15, -0.1) is 0 Å². The van der Waals surface area contributed by atoms with Crippen LogP contribution in [0.1, 0.15) is 12.8 Å². The molecule has 1 aliphatic heterocycles. The number of rotatable bonds is 4. The van der Waals surface area contributed by atoms with Gasteiger partial charge in [0, 0.05) is 45.3 Å². The Labute approximate surface area is 152 Å². The van der Waals surface area contributed by atoms with Crippen molar-refractivity contribution in [3.05, 3.63) is 52.9 Å². The van der Waals surface area contributed by atoms with Gasteiger partial charge in [-0.05, 0) is 37.7 Å². The zero-order valence-electron chi connectivity index (χ0n) is 15.1. The Morgan fingerprint density at radius 1 is 0.962 bits per heavy atom. The van der Waals surface area contributed by atoms with Gasteiger partial charge in [0.25, 0.3) is 5.56 Å². The SMILES string of the molecule is CN1CCN(C(=O)CCCn2c(=O)c3cccn3c3ccccc32)CC1. The lowest BCUT2D eigenvalue weighted by Gasteiger charge is -2.32. The maximum atomic E-state index is 12.9. The van der Waals surface area contributed by atoms with Gasteiger partial charge in [0.05, 0.1) is 11.0 Å². The van der Waals surface area contributed by atoms with Crippen LogP contribution < -0.4 is 5.56 Å². The smallest absolute Gasteiger partial charge is 0.275 e. The molecule has 0 radical (unpaired) electrons. The summed E-state index contributed by atoms with van der Waals surface area (Å²) in [5.74, 6) is 0.194. The largest absolute Gasteiger partial charge is 0.340 e. The molecule has 1 fully saturated rings. The number of carbonyl (C=O) groups is 1. The monoisotopic (exact) mass is 352 g/mol. The van der Waals surface area contributed by atoms with E-state index in [-0.39, 0.29) is 11.5 Å². The summed E-state index contributed by atoms with van der Waals surface area (Å²) in [5.41, 5.74) is 2.60. The van der Waals surface area contributed by atoms with Crippen molar-refractivity contribution < 1.29 is 4.79 Å². The first-order chi connectivity index (χ1) is 12.6. The van der Waals surface area contributed by atoms with Crippen LogP contribution in [-0.4, -0.2) is 57.9 Å². The van der Waals surface area contributed by atoms with Crippen LogP contribution in [0.15, 0.2) is 47.4 Å². The van der Waals surface area contributed by atoms with Crippen molar-refractivity contribution in [1.29, 1.82) is 0 Å². The van der Waals surface area contributed by atoms with Gasteiger partial charge < -0.3 is 18.8 Å². The first-order valence-electron chi connectivity index (χ1n) is 9.20. The quantitative estimate of drug-likeness (QED) is 0.720. The van der Waals surface area contributed by atoms with Crippen LogP contribution in [0.25, 0.3) is 16.6 Å². The minimum Gasteiger partial charge on any atom is -0.340 e. The van der Waals surface area contributed by atoms with Crippen molar-refractivity contribution in [2.75, 3.05) is 33.2 Å². The molecule has 0 spiro atoms. The van der Waals surface area contributed by atoms with Gasteiger partial charge in [-0.2, -0.15) is 0 Å². The highest BCUT2D eigenvalue weighted by Crippen LogP contribution is 2.16. The third-order valence-electron chi connectivity index (χ3n) is 5.27. The third-order valence-corrected chi connectivity index (χ3v) is 5.27. The molecular weight excluding hydrogens is 328 g/mol. The first-order valence-corrected chi connectivity index (χ1v) is 9.20. The highest BCUT2D eigenvalue weighted by molar-refractivity contribution is 5.79. The summed E-state index contributed by atoms with van der Waals surface area (Å²) in [6, 6.07) is 11.7. The predicted octanol–water partition coefficient (Wildman–Crippen LogP) is 1.81. The van der Waals surface area contributed by atoms with Crippen LogP contribution in [0, 0.1) is 0 Å². The number of hydrogen-bond donors (Lipinski definition) is 0. The van der Waals surface area contributed by atoms with Crippen LogP contribution in [0.4, 0.5) is 0 Å². The highest BCUT2D eigenvalue weighted by atomic mass is 16.2. The van der Waals surface area contributed by atoms with Gasteiger partial charge in [-0.3, -0.25) is 9.59 Å². The number of nitrogens with zero attached hydrogens (tertiary/aromatic N) is 4. The molecule has 0 bridgehead atoms. The van der Waals surface area contributed by atoms with Crippen LogP contribution in [-0.2, 0) is 11.3 Å². The number of carbonyl (C=O) groups excluding carboxylic acids is 1. The standard InChI is InChI=1S/C20H24N4O2/c1-21-12-14-22(15-13-21)19(25)9-5-11-24-17-7-3-2-6-16(17)23-10-4-8-18(23)20(24)26/h2-4,6-8,10H,5,9,11-15H2,1H3. The fraction of sp³-hybridized carbons (Fsp3) is 0.400. The average molecular weight is 352 g/mol. The zero-order chi connectivity index (χ0) is 18.1. The Balaban J connectivity index is 1.53. The number of aryl methyl sites for hydroxylation is 1. The average Bonchev–Trinajstić information content (AvgIpc) is 3.15. The number of aromatic nitrogens is 2. The number of amides is 1. The second kappa shape index (κ2) is 6.96. The summed E-state index contributed by atoms with van der Waals surface area (Å²) >= 11 is 0. The topological polar surface area (TPSA) is 50.0 Å². The zero-order valence-corrected chi connectivity index (χ0v) is 15.1. The molecule has 2 aromatic heterocycles. The van der Waals surface area contributed by atoms with Crippen molar-refractivity contribution in [1.82, 2.24) is 18.8 Å². The Kier molecular flexibility index (Phi) is 4.51. The first kappa shape index (κ1) is 16.8. The van der Waals surface area contributed by atoms with E-state index in [1.54, 1.807) is 0 Å². The summed E-state index contributed by atoms with van der Waals surface area (Å²) < 4.78 is 3.74. The number of likely N-dealkylation sites (N-methyl/N-ethyl adjacent to an activating group) is 1. The number of fused-ring (bicyclic) bond motifs is 3. The molecule has 1 saturated heterocycles. The second-order valence-electron chi connectivity index (χ2n) is 7.00. The highest BCUT2D eigenvalue weighted by Gasteiger charge is 2.18. The van der Waals surface area contributed by atoms with Crippen LogP contribution in [0.2, 0.25) is 0 Å². The fourth-order valence-electron chi connectivity index (χ4n) is 3.73. The normalized spacial score (nSPS) is 15.8. The van der Waals surface area contributed by atoms with E-state index in [1.165, 1.54) is 0 Å². The van der Waals surface area contributed by atoms with Crippen LogP contribution in [0.5, 0.6) is 0 Å². The predicted molar refractivity (Wildman–Crippen MR) is 102 cm³/mol. The van der Waals surface area contributed by atoms with Crippen molar-refractivity contribution in [2.24, 2.45) is 0 Å². The van der Waals surface area contributed by atoms with Gasteiger partial charge in [0.2, 0.25) is 5.91 Å². The lowest BCUT2D eigenvalue weighted by Crippen LogP contribution is -2.47. The Morgan fingerprint density at radius 2 is 1.65 bits per heavy atom. The Hall–Kier alpha value is -2.60. The van der Waals surface area contributed by atoms with E-state index in [0.717, 1.165) is 37.2 Å². The molecule has 3 heterocycles. The molecule has 4 rings (SSSR count). The van der Waals surface area contributed by atoms with E-state index >= 15 is 0 Å². The Bertz CT molecular complexity index is 996. The van der Waals surface area contributed by atoms with E-state index in [1.807, 2.05) is 56.5 Å². The molecule has 26 heavy (non-hydrogen) atoms. The van der Waals surface area contributed by atoms with Gasteiger partial charge in [-0.25, -0.2) is 0 Å². The van der Waals surface area contributed by atoms with Crippen molar-refractivity contribution in [3.8, 4) is 0 Å². The van der Waals surface area contributed by atoms with Gasteiger partial charge in [0.15, 0.2) is 0 Å². The number of benzene rings is 1. The molecule has 0 aliphatic carbocycles. The van der Waals surface area contributed by atoms with Crippen LogP contribution in [0.3, 0.4) is 0 Å². The number of hydrogen-bond acceptors (Lipinski definition) is 3. The molecule has 0 unspecified atom stereocenters. The number of piperazine rings is 1. The summed E-state index contributed by atoms with van der Waals surface area (Å²) in [4.78, 5) is 29.5. The van der Waals surface area contributed by atoms with Crippen LogP contribution >= 0.6 is 0 Å². The molecule has 1 amide bonds. The third kappa shape index (κ3) is 3.01. The molecule has 1 aromatic carbocycles. The maximum Gasteiger partial charge on any atom is 0.275 e. The minimum absolute atomic E-state index is 0.000691. The second-order valence-corrected chi connectivity index (χ2v) is 7.00. The minimum atomic E-state index is 0.000691. The molecule has 0 N–H and O–H groups in total. The van der Waals surface area contributed by atoms with E-state index in [0.29, 0.717) is 24.9 Å². The fourth-order valence-corrected chi connectivity index (χ4v) is 3.73. The van der Waals surface area contributed by atoms with E-state index in [4.69, 9.17) is 0 Å². The molecule has 6 nitrogen and oxygen atoms in total. The number of para-hydroxylation sites is 2.